The number of non-ortho nitro benzene ring substituents is 2. The minimum absolute atomic E-state index is 0.0681. The number of nitro groups is 2. The SMILES string of the molecule is O=[N+]([O-])c1ccc(CCP(O)(O)(O)CCc2ccc([N+](=O)[O-])cc2)cc1. The van der Waals surface area contributed by atoms with E-state index in [-0.39, 0.29) is 36.5 Å². The molecule has 0 amide bonds. The first-order valence-electron chi connectivity index (χ1n) is 7.76. The second-order valence-electron chi connectivity index (χ2n) is 6.13. The molecule has 0 aliphatic rings. The number of benzene rings is 2. The summed E-state index contributed by atoms with van der Waals surface area (Å²) in [4.78, 5) is 50.8. The Hall–Kier alpha value is -2.45. The number of nitrogens with zero attached hydrogens (tertiary/aromatic N) is 2. The standard InChI is InChI=1S/C16H19N2O7P/c19-17(20)15-5-1-13(2-6-15)9-11-26(23,24,25)12-10-14-3-7-16(8-4-14)18(21)22/h1-8,23-25H,9-12H2. The van der Waals surface area contributed by atoms with Crippen molar-refractivity contribution in [3.05, 3.63) is 79.9 Å². The summed E-state index contributed by atoms with van der Waals surface area (Å²) in [6, 6.07) is 11.3. The fourth-order valence-electron chi connectivity index (χ4n) is 2.40. The van der Waals surface area contributed by atoms with Crippen LogP contribution in [0.25, 0.3) is 0 Å². The van der Waals surface area contributed by atoms with E-state index in [9.17, 15) is 34.9 Å². The zero-order valence-electron chi connectivity index (χ0n) is 13.8. The van der Waals surface area contributed by atoms with Gasteiger partial charge in [0, 0.05) is 0 Å². The number of rotatable bonds is 8. The summed E-state index contributed by atoms with van der Waals surface area (Å²) >= 11 is 0. The monoisotopic (exact) mass is 382 g/mol. The molecule has 2 aromatic rings. The first-order valence-corrected chi connectivity index (χ1v) is 10.2. The normalized spacial score (nSPS) is 13.0. The Kier molecular flexibility index (Phi) is 5.68. The summed E-state index contributed by atoms with van der Waals surface area (Å²) in [5.41, 5.74) is 1.14. The molecule has 0 aliphatic carbocycles. The molecule has 0 fully saturated rings. The van der Waals surface area contributed by atoms with Gasteiger partial charge in [0.25, 0.3) is 0 Å². The van der Waals surface area contributed by atoms with Crippen molar-refractivity contribution < 1.29 is 24.5 Å². The first-order chi connectivity index (χ1) is 12.0. The van der Waals surface area contributed by atoms with Gasteiger partial charge in [0.05, 0.1) is 0 Å². The van der Waals surface area contributed by atoms with Crippen LogP contribution in [0.5, 0.6) is 0 Å². The maximum atomic E-state index is 10.6. The fraction of sp³-hybridized carbons (Fsp3) is 0.250. The van der Waals surface area contributed by atoms with Crippen molar-refractivity contribution in [2.75, 3.05) is 12.3 Å². The predicted molar refractivity (Wildman–Crippen MR) is 96.9 cm³/mol. The van der Waals surface area contributed by atoms with Gasteiger partial charge in [0.15, 0.2) is 0 Å². The average Bonchev–Trinajstić information content (AvgIpc) is 2.59. The van der Waals surface area contributed by atoms with Crippen LogP contribution < -0.4 is 0 Å². The summed E-state index contributed by atoms with van der Waals surface area (Å²) in [5.74, 6) is 0. The molecule has 0 saturated heterocycles. The van der Waals surface area contributed by atoms with Crippen molar-refractivity contribution in [1.29, 1.82) is 0 Å². The Morgan fingerprint density at radius 2 is 1.00 bits per heavy atom. The Balaban J connectivity index is 1.95. The van der Waals surface area contributed by atoms with Crippen LogP contribution in [0.3, 0.4) is 0 Å². The first kappa shape index (κ1) is 19.9. The Morgan fingerprint density at radius 1 is 0.692 bits per heavy atom. The summed E-state index contributed by atoms with van der Waals surface area (Å²) in [6.07, 6.45) is -0.230. The number of hydrogen-bond acceptors (Lipinski definition) is 7. The predicted octanol–water partition coefficient (Wildman–Crippen LogP) is 2.56. The van der Waals surface area contributed by atoms with Crippen LogP contribution in [0.15, 0.2) is 48.5 Å². The molecule has 0 aliphatic heterocycles. The van der Waals surface area contributed by atoms with Gasteiger partial charge in [0.2, 0.25) is 0 Å². The summed E-state index contributed by atoms with van der Waals surface area (Å²) in [5, 5.41) is 21.2. The van der Waals surface area contributed by atoms with E-state index < -0.39 is 17.1 Å². The Labute approximate surface area is 149 Å². The van der Waals surface area contributed by atoms with E-state index in [0.29, 0.717) is 11.1 Å². The molecule has 2 rings (SSSR count). The topological polar surface area (TPSA) is 147 Å². The third-order valence-corrected chi connectivity index (χ3v) is 6.29. The van der Waals surface area contributed by atoms with Crippen LogP contribution in [0.1, 0.15) is 11.1 Å². The second kappa shape index (κ2) is 7.43. The molecule has 0 bridgehead atoms. The second-order valence-corrected chi connectivity index (χ2v) is 9.71. The van der Waals surface area contributed by atoms with E-state index in [1.165, 1.54) is 48.5 Å². The Morgan fingerprint density at radius 3 is 1.27 bits per heavy atom. The minimum atomic E-state index is -4.88. The van der Waals surface area contributed by atoms with Gasteiger partial charge in [-0.1, -0.05) is 0 Å². The third kappa shape index (κ3) is 5.82. The maximum absolute atomic E-state index is 10.6. The zero-order valence-corrected chi connectivity index (χ0v) is 14.7. The summed E-state index contributed by atoms with van der Waals surface area (Å²) in [6.45, 7) is 0. The van der Waals surface area contributed by atoms with Crippen LogP contribution >= 0.6 is 7.28 Å². The molecule has 26 heavy (non-hydrogen) atoms. The molecular weight excluding hydrogens is 363 g/mol. The van der Waals surface area contributed by atoms with Crippen molar-refractivity contribution in [2.45, 2.75) is 12.8 Å². The van der Waals surface area contributed by atoms with E-state index in [1.54, 1.807) is 0 Å². The quantitative estimate of drug-likeness (QED) is 0.361. The van der Waals surface area contributed by atoms with Crippen LogP contribution in [-0.4, -0.2) is 36.9 Å². The van der Waals surface area contributed by atoms with E-state index in [4.69, 9.17) is 0 Å². The Bertz CT molecular complexity index is 733. The third-order valence-electron chi connectivity index (χ3n) is 4.01. The molecule has 10 heteroatoms. The van der Waals surface area contributed by atoms with Crippen molar-refractivity contribution in [1.82, 2.24) is 0 Å². The van der Waals surface area contributed by atoms with Gasteiger partial charge in [0.1, 0.15) is 0 Å². The zero-order chi connectivity index (χ0) is 19.4. The molecule has 3 N–H and O–H groups in total. The summed E-state index contributed by atoms with van der Waals surface area (Å²) in [7, 11) is -4.88. The van der Waals surface area contributed by atoms with Crippen LogP contribution in [-0.2, 0) is 12.8 Å². The molecule has 0 spiro atoms. The molecule has 0 heterocycles. The summed E-state index contributed by atoms with van der Waals surface area (Å²) < 4.78 is 0. The van der Waals surface area contributed by atoms with E-state index in [2.05, 4.69) is 0 Å². The average molecular weight is 382 g/mol. The molecule has 0 atom stereocenters. The van der Waals surface area contributed by atoms with Gasteiger partial charge in [-0.3, -0.25) is 0 Å². The number of hydrogen-bond donors (Lipinski definition) is 3. The van der Waals surface area contributed by atoms with Crippen LogP contribution in [0.4, 0.5) is 11.4 Å². The molecule has 2 aromatic carbocycles. The van der Waals surface area contributed by atoms with Crippen molar-refractivity contribution in [3.63, 3.8) is 0 Å². The van der Waals surface area contributed by atoms with Gasteiger partial charge in [-0.2, -0.15) is 0 Å². The molecule has 0 radical (unpaired) electrons. The molecule has 0 aromatic heterocycles. The van der Waals surface area contributed by atoms with Gasteiger partial charge in [-0.15, -0.1) is 0 Å². The van der Waals surface area contributed by atoms with Crippen LogP contribution in [0, 0.1) is 20.2 Å². The molecule has 9 nitrogen and oxygen atoms in total. The van der Waals surface area contributed by atoms with Gasteiger partial charge in [-0.25, -0.2) is 0 Å². The van der Waals surface area contributed by atoms with Crippen molar-refractivity contribution in [2.24, 2.45) is 0 Å². The van der Waals surface area contributed by atoms with Crippen LogP contribution in [0.2, 0.25) is 0 Å². The van der Waals surface area contributed by atoms with Crippen molar-refractivity contribution >= 4 is 18.7 Å². The molecule has 140 valence electrons. The van der Waals surface area contributed by atoms with Gasteiger partial charge in [-0.05, 0) is 0 Å². The van der Waals surface area contributed by atoms with E-state index >= 15 is 0 Å². The number of aryl methyl sites for hydroxylation is 2. The van der Waals surface area contributed by atoms with Crippen molar-refractivity contribution in [3.8, 4) is 0 Å². The fourth-order valence-corrected chi connectivity index (χ4v) is 4.05. The number of nitro benzene ring substituents is 2. The van der Waals surface area contributed by atoms with Gasteiger partial charge >= 0.3 is 148 Å². The molecular formula is C16H19N2O7P. The molecule has 0 saturated carbocycles. The van der Waals surface area contributed by atoms with E-state index in [1.807, 2.05) is 0 Å². The van der Waals surface area contributed by atoms with E-state index in [0.717, 1.165) is 0 Å². The van der Waals surface area contributed by atoms with Gasteiger partial charge < -0.3 is 0 Å². The molecule has 0 unspecified atom stereocenters.